The maximum atomic E-state index is 11.3. The Bertz CT molecular complexity index is 174. The van der Waals surface area contributed by atoms with Crippen molar-refractivity contribution in [2.45, 2.75) is 32.7 Å². The summed E-state index contributed by atoms with van der Waals surface area (Å²) in [6, 6.07) is 0.513. The third kappa shape index (κ3) is 8.75. The molecule has 1 N–H and O–H groups in total. The molecule has 0 saturated carbocycles. The van der Waals surface area contributed by atoms with Gasteiger partial charge in [0.05, 0.1) is 0 Å². The smallest absolute Gasteiger partial charge is 0.223 e. The minimum absolute atomic E-state index is 0.192. The third-order valence-corrected chi connectivity index (χ3v) is 3.16. The van der Waals surface area contributed by atoms with Gasteiger partial charge in [0.2, 0.25) is 5.91 Å². The van der Waals surface area contributed by atoms with Crippen molar-refractivity contribution in [1.82, 2.24) is 10.2 Å². The Labute approximate surface area is 98.0 Å². The summed E-state index contributed by atoms with van der Waals surface area (Å²) in [6.07, 6.45) is 1.77. The van der Waals surface area contributed by atoms with Crippen LogP contribution in [0.25, 0.3) is 0 Å². The minimum Gasteiger partial charge on any atom is -0.349 e. The van der Waals surface area contributed by atoms with Crippen LogP contribution in [0.15, 0.2) is 0 Å². The Kier molecular flexibility index (Phi) is 8.91. The van der Waals surface area contributed by atoms with Crippen LogP contribution < -0.4 is 5.32 Å². The summed E-state index contributed by atoms with van der Waals surface area (Å²) >= 11 is 1.97. The van der Waals surface area contributed by atoms with Gasteiger partial charge >= 0.3 is 0 Å². The molecule has 0 saturated heterocycles. The molecule has 0 aromatic heterocycles. The lowest BCUT2D eigenvalue weighted by atomic mass is 10.2. The summed E-state index contributed by atoms with van der Waals surface area (Å²) < 4.78 is 0. The van der Waals surface area contributed by atoms with Gasteiger partial charge in [-0.2, -0.15) is 11.8 Å². The molecular weight excluding hydrogens is 208 g/mol. The topological polar surface area (TPSA) is 32.3 Å². The summed E-state index contributed by atoms with van der Waals surface area (Å²) in [6.45, 7) is 5.14. The molecular formula is C11H24N2OS. The fourth-order valence-corrected chi connectivity index (χ4v) is 1.96. The molecule has 0 spiro atoms. The van der Waals surface area contributed by atoms with Crippen molar-refractivity contribution in [2.75, 3.05) is 32.1 Å². The van der Waals surface area contributed by atoms with E-state index >= 15 is 0 Å². The summed E-state index contributed by atoms with van der Waals surface area (Å²) in [5, 5.41) is 3.37. The Morgan fingerprint density at radius 3 is 2.67 bits per heavy atom. The van der Waals surface area contributed by atoms with Gasteiger partial charge in [-0.15, -0.1) is 0 Å². The van der Waals surface area contributed by atoms with Crippen molar-refractivity contribution >= 4 is 17.7 Å². The number of amides is 1. The molecule has 0 aliphatic rings. The van der Waals surface area contributed by atoms with Gasteiger partial charge in [0.1, 0.15) is 0 Å². The molecule has 90 valence electrons. The Balaban J connectivity index is 3.38. The first-order valence-corrected chi connectivity index (χ1v) is 6.74. The van der Waals surface area contributed by atoms with Crippen molar-refractivity contribution in [1.29, 1.82) is 0 Å². The van der Waals surface area contributed by atoms with E-state index in [2.05, 4.69) is 19.2 Å². The van der Waals surface area contributed by atoms with Crippen LogP contribution in [0, 0.1) is 0 Å². The maximum Gasteiger partial charge on any atom is 0.223 e. The second-order valence-corrected chi connectivity index (χ2v) is 5.27. The van der Waals surface area contributed by atoms with Gasteiger partial charge in [0.15, 0.2) is 0 Å². The van der Waals surface area contributed by atoms with Crippen molar-refractivity contribution in [3.8, 4) is 0 Å². The summed E-state index contributed by atoms with van der Waals surface area (Å²) in [5.74, 6) is 2.58. The number of hydrogen-bond donors (Lipinski definition) is 1. The maximum absolute atomic E-state index is 11.3. The van der Waals surface area contributed by atoms with Crippen LogP contribution in [0.4, 0.5) is 0 Å². The number of rotatable bonds is 8. The van der Waals surface area contributed by atoms with Crippen LogP contribution in [0.1, 0.15) is 26.7 Å². The Hall–Kier alpha value is -0.220. The van der Waals surface area contributed by atoms with Crippen molar-refractivity contribution in [3.05, 3.63) is 0 Å². The second kappa shape index (κ2) is 9.04. The second-order valence-electron chi connectivity index (χ2n) is 3.88. The molecule has 1 atom stereocenters. The van der Waals surface area contributed by atoms with Gasteiger partial charge in [0.25, 0.3) is 0 Å². The summed E-state index contributed by atoms with van der Waals surface area (Å²) in [7, 11) is 3.59. The first kappa shape index (κ1) is 14.8. The van der Waals surface area contributed by atoms with Gasteiger partial charge < -0.3 is 10.2 Å². The zero-order valence-electron chi connectivity index (χ0n) is 10.4. The van der Waals surface area contributed by atoms with E-state index in [0.717, 1.165) is 6.54 Å². The SMILES string of the molecule is CCSCCC(C)NCCC(=O)N(C)C. The largest absolute Gasteiger partial charge is 0.349 e. The third-order valence-electron chi connectivity index (χ3n) is 2.23. The predicted octanol–water partition coefficient (Wildman–Crippen LogP) is 1.59. The van der Waals surface area contributed by atoms with Gasteiger partial charge in [-0.1, -0.05) is 6.92 Å². The molecule has 0 rings (SSSR count). The number of nitrogens with zero attached hydrogens (tertiary/aromatic N) is 1. The van der Waals surface area contributed by atoms with E-state index in [9.17, 15) is 4.79 Å². The lowest BCUT2D eigenvalue weighted by Crippen LogP contribution is -2.31. The van der Waals surface area contributed by atoms with Crippen LogP contribution in [0.2, 0.25) is 0 Å². The molecule has 0 heterocycles. The van der Waals surface area contributed by atoms with E-state index in [1.807, 2.05) is 11.8 Å². The van der Waals surface area contributed by atoms with Gasteiger partial charge in [-0.25, -0.2) is 0 Å². The van der Waals surface area contributed by atoms with E-state index in [1.165, 1.54) is 17.9 Å². The number of carbonyl (C=O) groups excluding carboxylic acids is 1. The molecule has 1 amide bonds. The predicted molar refractivity (Wildman–Crippen MR) is 68.4 cm³/mol. The zero-order chi connectivity index (χ0) is 11.7. The van der Waals surface area contributed by atoms with Crippen molar-refractivity contribution in [3.63, 3.8) is 0 Å². The van der Waals surface area contributed by atoms with Gasteiger partial charge in [-0.05, 0) is 24.9 Å². The molecule has 3 nitrogen and oxygen atoms in total. The van der Waals surface area contributed by atoms with Crippen LogP contribution in [0.3, 0.4) is 0 Å². The normalized spacial score (nSPS) is 12.5. The Morgan fingerprint density at radius 2 is 2.13 bits per heavy atom. The molecule has 0 aliphatic carbocycles. The summed E-state index contributed by atoms with van der Waals surface area (Å²) in [4.78, 5) is 12.9. The first-order valence-electron chi connectivity index (χ1n) is 5.59. The van der Waals surface area contributed by atoms with Gasteiger partial charge in [-0.3, -0.25) is 4.79 Å². The molecule has 0 aromatic carbocycles. The van der Waals surface area contributed by atoms with E-state index < -0.39 is 0 Å². The minimum atomic E-state index is 0.192. The van der Waals surface area contributed by atoms with Crippen LogP contribution in [-0.2, 0) is 4.79 Å². The van der Waals surface area contributed by atoms with Crippen molar-refractivity contribution in [2.24, 2.45) is 0 Å². The molecule has 15 heavy (non-hydrogen) atoms. The van der Waals surface area contributed by atoms with Crippen LogP contribution in [-0.4, -0.2) is 49.0 Å². The highest BCUT2D eigenvalue weighted by Gasteiger charge is 2.05. The average molecular weight is 232 g/mol. The lowest BCUT2D eigenvalue weighted by Gasteiger charge is -2.14. The van der Waals surface area contributed by atoms with E-state index in [-0.39, 0.29) is 5.91 Å². The van der Waals surface area contributed by atoms with E-state index in [0.29, 0.717) is 12.5 Å². The fraction of sp³-hybridized carbons (Fsp3) is 0.909. The zero-order valence-corrected chi connectivity index (χ0v) is 11.2. The number of carbonyl (C=O) groups is 1. The quantitative estimate of drug-likeness (QED) is 0.645. The lowest BCUT2D eigenvalue weighted by molar-refractivity contribution is -0.128. The number of thioether (sulfide) groups is 1. The monoisotopic (exact) mass is 232 g/mol. The molecule has 0 aromatic rings. The van der Waals surface area contributed by atoms with E-state index in [4.69, 9.17) is 0 Å². The highest BCUT2D eigenvalue weighted by atomic mass is 32.2. The number of hydrogen-bond acceptors (Lipinski definition) is 3. The fourth-order valence-electron chi connectivity index (χ4n) is 1.16. The highest BCUT2D eigenvalue weighted by molar-refractivity contribution is 7.99. The molecule has 0 aliphatic heterocycles. The molecule has 1 unspecified atom stereocenters. The highest BCUT2D eigenvalue weighted by Crippen LogP contribution is 2.03. The summed E-state index contributed by atoms with van der Waals surface area (Å²) in [5.41, 5.74) is 0. The van der Waals surface area contributed by atoms with E-state index in [1.54, 1.807) is 19.0 Å². The standard InChI is InChI=1S/C11H24N2OS/c1-5-15-9-7-10(2)12-8-6-11(14)13(3)4/h10,12H,5-9H2,1-4H3. The molecule has 0 radical (unpaired) electrons. The Morgan fingerprint density at radius 1 is 1.47 bits per heavy atom. The molecule has 0 fully saturated rings. The first-order chi connectivity index (χ1) is 7.07. The van der Waals surface area contributed by atoms with Crippen LogP contribution >= 0.6 is 11.8 Å². The van der Waals surface area contributed by atoms with Crippen LogP contribution in [0.5, 0.6) is 0 Å². The van der Waals surface area contributed by atoms with Gasteiger partial charge in [0, 0.05) is 33.1 Å². The molecule has 0 bridgehead atoms. The number of nitrogens with one attached hydrogen (secondary N) is 1. The van der Waals surface area contributed by atoms with Crippen molar-refractivity contribution < 1.29 is 4.79 Å². The molecule has 4 heteroatoms. The average Bonchev–Trinajstić information content (AvgIpc) is 2.18.